The van der Waals surface area contributed by atoms with Gasteiger partial charge in [-0.25, -0.2) is 0 Å². The Balaban J connectivity index is 1.41. The third-order valence-electron chi connectivity index (χ3n) is 4.73. The zero-order valence-electron chi connectivity index (χ0n) is 14.4. The molecule has 0 atom stereocenters. The second-order valence-electron chi connectivity index (χ2n) is 6.50. The second kappa shape index (κ2) is 6.23. The number of aromatic nitrogens is 4. The molecule has 7 nitrogen and oxygen atoms in total. The maximum absolute atomic E-state index is 12.4. The van der Waals surface area contributed by atoms with Gasteiger partial charge in [0, 0.05) is 51.6 Å². The normalized spacial score (nSPS) is 15.7. The molecule has 0 aliphatic carbocycles. The lowest BCUT2D eigenvalue weighted by Gasteiger charge is -2.31. The number of aryl methyl sites for hydroxylation is 2. The van der Waals surface area contributed by atoms with Crippen LogP contribution in [0.15, 0.2) is 36.7 Å². The van der Waals surface area contributed by atoms with Crippen molar-refractivity contribution >= 4 is 16.8 Å². The highest BCUT2D eigenvalue weighted by Gasteiger charge is 2.26. The lowest BCUT2D eigenvalue weighted by molar-refractivity contribution is 0.0592. The number of carbonyl (C=O) groups is 1. The summed E-state index contributed by atoms with van der Waals surface area (Å²) >= 11 is 0. The molecule has 2 aromatic heterocycles. The number of ether oxygens (including phenoxy) is 1. The molecule has 0 bridgehead atoms. The van der Waals surface area contributed by atoms with E-state index in [2.05, 4.69) is 27.0 Å². The predicted octanol–water partition coefficient (Wildman–Crippen LogP) is 1.99. The highest BCUT2D eigenvalue weighted by atomic mass is 16.5. The van der Waals surface area contributed by atoms with E-state index in [0.717, 1.165) is 29.5 Å². The summed E-state index contributed by atoms with van der Waals surface area (Å²) in [6, 6.07) is 8.20. The third-order valence-corrected chi connectivity index (χ3v) is 4.73. The fourth-order valence-corrected chi connectivity index (χ4v) is 3.34. The number of piperidine rings is 1. The van der Waals surface area contributed by atoms with Gasteiger partial charge in [0.05, 0.1) is 11.7 Å². The van der Waals surface area contributed by atoms with Gasteiger partial charge in [0.2, 0.25) is 0 Å². The molecule has 3 heterocycles. The van der Waals surface area contributed by atoms with Crippen LogP contribution in [0.1, 0.15) is 23.3 Å². The second-order valence-corrected chi connectivity index (χ2v) is 6.50. The molecule has 4 rings (SSSR count). The van der Waals surface area contributed by atoms with Gasteiger partial charge in [-0.2, -0.15) is 0 Å². The number of nitrogens with zero attached hydrogens (tertiary/aromatic N) is 5. The average molecular weight is 339 g/mol. The van der Waals surface area contributed by atoms with Gasteiger partial charge in [-0.15, -0.1) is 5.10 Å². The molecule has 1 aliphatic heterocycles. The number of rotatable bonds is 3. The van der Waals surface area contributed by atoms with Crippen LogP contribution >= 0.6 is 0 Å². The van der Waals surface area contributed by atoms with Gasteiger partial charge in [-0.3, -0.25) is 9.48 Å². The van der Waals surface area contributed by atoms with E-state index in [-0.39, 0.29) is 12.0 Å². The Morgan fingerprint density at radius 1 is 1.20 bits per heavy atom. The van der Waals surface area contributed by atoms with E-state index in [9.17, 15) is 4.79 Å². The third kappa shape index (κ3) is 2.97. The summed E-state index contributed by atoms with van der Waals surface area (Å²) in [6.45, 7) is 1.34. The van der Waals surface area contributed by atoms with Crippen LogP contribution in [0.3, 0.4) is 0 Å². The summed E-state index contributed by atoms with van der Waals surface area (Å²) in [7, 11) is 3.79. The first-order valence-corrected chi connectivity index (χ1v) is 8.48. The Labute approximate surface area is 145 Å². The molecule has 7 heteroatoms. The van der Waals surface area contributed by atoms with E-state index in [1.54, 1.807) is 17.9 Å². The summed E-state index contributed by atoms with van der Waals surface area (Å²) in [4.78, 5) is 14.2. The van der Waals surface area contributed by atoms with Crippen LogP contribution < -0.4 is 4.74 Å². The summed E-state index contributed by atoms with van der Waals surface area (Å²) in [5.41, 5.74) is 1.56. The molecule has 1 fully saturated rings. The first kappa shape index (κ1) is 15.7. The van der Waals surface area contributed by atoms with Crippen LogP contribution in [0.4, 0.5) is 0 Å². The topological polar surface area (TPSA) is 65.2 Å². The number of likely N-dealkylation sites (tertiary alicyclic amines) is 1. The summed E-state index contributed by atoms with van der Waals surface area (Å²) in [5, 5.41) is 8.86. The van der Waals surface area contributed by atoms with Gasteiger partial charge in [-0.1, -0.05) is 11.3 Å². The first-order valence-electron chi connectivity index (χ1n) is 8.48. The zero-order chi connectivity index (χ0) is 17.4. The monoisotopic (exact) mass is 339 g/mol. The maximum atomic E-state index is 12.4. The quantitative estimate of drug-likeness (QED) is 0.732. The van der Waals surface area contributed by atoms with Crippen molar-refractivity contribution in [3.63, 3.8) is 0 Å². The Morgan fingerprint density at radius 3 is 2.72 bits per heavy atom. The first-order chi connectivity index (χ1) is 12.1. The van der Waals surface area contributed by atoms with Crippen LogP contribution in [0.2, 0.25) is 0 Å². The maximum Gasteiger partial charge on any atom is 0.276 e. The number of hydrogen-bond acceptors (Lipinski definition) is 4. The van der Waals surface area contributed by atoms with E-state index >= 15 is 0 Å². The van der Waals surface area contributed by atoms with E-state index in [0.29, 0.717) is 18.8 Å². The molecule has 1 saturated heterocycles. The molecular weight excluding hydrogens is 318 g/mol. The van der Waals surface area contributed by atoms with Crippen LogP contribution in [0.25, 0.3) is 10.9 Å². The summed E-state index contributed by atoms with van der Waals surface area (Å²) in [6.07, 6.45) is 5.45. The number of benzene rings is 1. The van der Waals surface area contributed by atoms with Gasteiger partial charge >= 0.3 is 0 Å². The van der Waals surface area contributed by atoms with Crippen molar-refractivity contribution in [1.29, 1.82) is 0 Å². The minimum atomic E-state index is -0.0586. The standard InChI is InChI=1S/C18H21N5O2/c1-21-9-8-14-16(21)4-3-5-17(14)25-13-6-10-23(11-7-13)18(24)15-12-22(2)20-19-15/h3-5,8-9,12-13H,6-7,10-11H2,1-2H3. The number of fused-ring (bicyclic) bond motifs is 1. The Bertz CT molecular complexity index is 905. The van der Waals surface area contributed by atoms with E-state index in [4.69, 9.17) is 4.74 Å². The van der Waals surface area contributed by atoms with Gasteiger partial charge in [0.1, 0.15) is 11.9 Å². The molecule has 1 aromatic carbocycles. The van der Waals surface area contributed by atoms with Crippen molar-refractivity contribution in [3.05, 3.63) is 42.4 Å². The predicted molar refractivity (Wildman–Crippen MR) is 93.5 cm³/mol. The smallest absolute Gasteiger partial charge is 0.276 e. The average Bonchev–Trinajstić information content (AvgIpc) is 3.22. The van der Waals surface area contributed by atoms with E-state index in [1.165, 1.54) is 0 Å². The van der Waals surface area contributed by atoms with Crippen molar-refractivity contribution in [2.75, 3.05) is 13.1 Å². The molecular formula is C18H21N5O2. The van der Waals surface area contributed by atoms with Crippen molar-refractivity contribution in [1.82, 2.24) is 24.5 Å². The Hall–Kier alpha value is -2.83. The largest absolute Gasteiger partial charge is 0.490 e. The lowest BCUT2D eigenvalue weighted by Crippen LogP contribution is -2.42. The van der Waals surface area contributed by atoms with Crippen LogP contribution in [-0.4, -0.2) is 49.6 Å². The molecule has 0 radical (unpaired) electrons. The van der Waals surface area contributed by atoms with Crippen molar-refractivity contribution in [2.45, 2.75) is 18.9 Å². The fourth-order valence-electron chi connectivity index (χ4n) is 3.34. The molecule has 130 valence electrons. The highest BCUT2D eigenvalue weighted by molar-refractivity contribution is 5.92. The summed E-state index contributed by atoms with van der Waals surface area (Å²) < 4.78 is 9.87. The SMILES string of the molecule is Cn1cc(C(=O)N2CCC(Oc3cccc4c3ccn4C)CC2)nn1. The van der Waals surface area contributed by atoms with Gasteiger partial charge in [-0.05, 0) is 18.2 Å². The fraction of sp³-hybridized carbons (Fsp3) is 0.389. The molecule has 0 spiro atoms. The lowest BCUT2D eigenvalue weighted by atomic mass is 10.1. The molecule has 25 heavy (non-hydrogen) atoms. The number of hydrogen-bond donors (Lipinski definition) is 0. The van der Waals surface area contributed by atoms with Crippen LogP contribution in [0, 0.1) is 0 Å². The highest BCUT2D eigenvalue weighted by Crippen LogP contribution is 2.28. The summed E-state index contributed by atoms with van der Waals surface area (Å²) in [5.74, 6) is 0.855. The van der Waals surface area contributed by atoms with Crippen molar-refractivity contribution < 1.29 is 9.53 Å². The van der Waals surface area contributed by atoms with Gasteiger partial charge < -0.3 is 14.2 Å². The number of amides is 1. The molecule has 3 aromatic rings. The van der Waals surface area contributed by atoms with E-state index < -0.39 is 0 Å². The van der Waals surface area contributed by atoms with Gasteiger partial charge in [0.15, 0.2) is 5.69 Å². The van der Waals surface area contributed by atoms with Gasteiger partial charge in [0.25, 0.3) is 5.91 Å². The Morgan fingerprint density at radius 2 is 2.00 bits per heavy atom. The van der Waals surface area contributed by atoms with Crippen LogP contribution in [-0.2, 0) is 14.1 Å². The van der Waals surface area contributed by atoms with E-state index in [1.807, 2.05) is 30.3 Å². The molecule has 0 saturated carbocycles. The Kier molecular flexibility index (Phi) is 3.91. The molecule has 0 N–H and O–H groups in total. The molecule has 1 aliphatic rings. The number of carbonyl (C=O) groups excluding carboxylic acids is 1. The van der Waals surface area contributed by atoms with Crippen molar-refractivity contribution in [3.8, 4) is 5.75 Å². The van der Waals surface area contributed by atoms with Crippen LogP contribution in [0.5, 0.6) is 5.75 Å². The molecule has 1 amide bonds. The minimum Gasteiger partial charge on any atom is -0.490 e. The zero-order valence-corrected chi connectivity index (χ0v) is 14.4. The van der Waals surface area contributed by atoms with Crippen molar-refractivity contribution in [2.24, 2.45) is 14.1 Å². The minimum absolute atomic E-state index is 0.0586. The molecule has 0 unspecified atom stereocenters.